The second-order valence-corrected chi connectivity index (χ2v) is 2.69. The Balaban J connectivity index is 2.94. The predicted molar refractivity (Wildman–Crippen MR) is 48.8 cm³/mol. The number of aldehydes is 1. The number of phenols is 1. The number of carbonyl (C=O) groups is 1. The molecular formula is C10H7NO2. The number of pyridine rings is 1. The van der Waals surface area contributed by atoms with Crippen LogP contribution in [0.3, 0.4) is 0 Å². The van der Waals surface area contributed by atoms with E-state index in [-0.39, 0.29) is 5.75 Å². The first kappa shape index (κ1) is 7.73. The summed E-state index contributed by atoms with van der Waals surface area (Å²) in [6.07, 6.45) is 2.26. The molecule has 0 aliphatic carbocycles. The molecule has 3 heteroatoms. The van der Waals surface area contributed by atoms with Crippen molar-refractivity contribution in [3.63, 3.8) is 0 Å². The minimum Gasteiger partial charge on any atom is -0.507 e. The number of nitrogens with zero attached hydrogens (tertiary/aromatic N) is 1. The summed E-state index contributed by atoms with van der Waals surface area (Å²) in [6.45, 7) is 0. The molecule has 0 aliphatic heterocycles. The normalized spacial score (nSPS) is 10.2. The van der Waals surface area contributed by atoms with Crippen LogP contribution in [0.4, 0.5) is 0 Å². The summed E-state index contributed by atoms with van der Waals surface area (Å²) >= 11 is 0. The van der Waals surface area contributed by atoms with Crippen molar-refractivity contribution in [1.29, 1.82) is 0 Å². The van der Waals surface area contributed by atoms with Crippen LogP contribution in [-0.2, 0) is 0 Å². The van der Waals surface area contributed by atoms with Gasteiger partial charge in [-0.05, 0) is 18.2 Å². The predicted octanol–water partition coefficient (Wildman–Crippen LogP) is 1.75. The highest BCUT2D eigenvalue weighted by Crippen LogP contribution is 2.24. The molecule has 1 N–H and O–H groups in total. The zero-order valence-corrected chi connectivity index (χ0v) is 6.77. The average molecular weight is 173 g/mol. The third-order valence-corrected chi connectivity index (χ3v) is 1.90. The van der Waals surface area contributed by atoms with E-state index < -0.39 is 0 Å². The van der Waals surface area contributed by atoms with Gasteiger partial charge in [-0.1, -0.05) is 6.07 Å². The van der Waals surface area contributed by atoms with Gasteiger partial charge in [-0.2, -0.15) is 0 Å². The standard InChI is InChI=1S/C10H7NO2/c12-6-7-4-5-11-8-2-1-3-9(13)10(7)8/h1-6,13H. The van der Waals surface area contributed by atoms with Crippen molar-refractivity contribution in [3.05, 3.63) is 36.0 Å². The molecule has 3 nitrogen and oxygen atoms in total. The van der Waals surface area contributed by atoms with Gasteiger partial charge in [0.25, 0.3) is 0 Å². The molecule has 2 aromatic rings. The van der Waals surface area contributed by atoms with Crippen molar-refractivity contribution in [2.75, 3.05) is 0 Å². The van der Waals surface area contributed by atoms with E-state index >= 15 is 0 Å². The van der Waals surface area contributed by atoms with Crippen molar-refractivity contribution >= 4 is 17.2 Å². The number of hydrogen-bond acceptors (Lipinski definition) is 3. The Morgan fingerprint density at radius 2 is 2.15 bits per heavy atom. The summed E-state index contributed by atoms with van der Waals surface area (Å²) in [5, 5.41) is 10.00. The maximum absolute atomic E-state index is 10.6. The first-order chi connectivity index (χ1) is 6.33. The molecular weight excluding hydrogens is 166 g/mol. The molecule has 0 unspecified atom stereocenters. The lowest BCUT2D eigenvalue weighted by Gasteiger charge is -2.01. The van der Waals surface area contributed by atoms with Crippen molar-refractivity contribution in [2.24, 2.45) is 0 Å². The van der Waals surface area contributed by atoms with Gasteiger partial charge in [0.1, 0.15) is 5.75 Å². The van der Waals surface area contributed by atoms with Crippen molar-refractivity contribution < 1.29 is 9.90 Å². The van der Waals surface area contributed by atoms with Gasteiger partial charge in [-0.15, -0.1) is 0 Å². The number of hydrogen-bond donors (Lipinski definition) is 1. The fraction of sp³-hybridized carbons (Fsp3) is 0. The zero-order valence-electron chi connectivity index (χ0n) is 6.77. The number of aromatic hydroxyl groups is 1. The largest absolute Gasteiger partial charge is 0.507 e. The summed E-state index contributed by atoms with van der Waals surface area (Å²) in [6, 6.07) is 6.56. The average Bonchev–Trinajstić information content (AvgIpc) is 2.17. The van der Waals surface area contributed by atoms with Gasteiger partial charge in [0, 0.05) is 11.8 Å². The van der Waals surface area contributed by atoms with Crippen LogP contribution in [0.1, 0.15) is 10.4 Å². The van der Waals surface area contributed by atoms with E-state index in [2.05, 4.69) is 4.98 Å². The van der Waals surface area contributed by atoms with Crippen molar-refractivity contribution in [3.8, 4) is 5.75 Å². The van der Waals surface area contributed by atoms with E-state index in [1.165, 1.54) is 6.07 Å². The van der Waals surface area contributed by atoms with E-state index in [1.807, 2.05) is 0 Å². The maximum Gasteiger partial charge on any atom is 0.150 e. The van der Waals surface area contributed by atoms with Crippen molar-refractivity contribution in [1.82, 2.24) is 4.98 Å². The molecule has 2 rings (SSSR count). The number of fused-ring (bicyclic) bond motifs is 1. The Hall–Kier alpha value is -1.90. The van der Waals surface area contributed by atoms with Crippen LogP contribution in [-0.4, -0.2) is 16.4 Å². The monoisotopic (exact) mass is 173 g/mol. The third kappa shape index (κ3) is 1.14. The zero-order chi connectivity index (χ0) is 9.26. The summed E-state index contributed by atoms with van der Waals surface area (Å²) in [5.41, 5.74) is 1.09. The van der Waals surface area contributed by atoms with Crippen LogP contribution in [0.25, 0.3) is 10.9 Å². The van der Waals surface area contributed by atoms with Gasteiger partial charge in [0.05, 0.1) is 10.9 Å². The molecule has 0 amide bonds. The maximum atomic E-state index is 10.6. The van der Waals surface area contributed by atoms with Gasteiger partial charge in [0.2, 0.25) is 0 Å². The SMILES string of the molecule is O=Cc1ccnc2cccc(O)c12. The van der Waals surface area contributed by atoms with Gasteiger partial charge in [0.15, 0.2) is 6.29 Å². The Bertz CT molecular complexity index is 460. The number of rotatable bonds is 1. The number of phenolic OH excluding ortho intramolecular Hbond substituents is 1. The molecule has 13 heavy (non-hydrogen) atoms. The molecule has 64 valence electrons. The lowest BCUT2D eigenvalue weighted by atomic mass is 10.1. The molecule has 0 fully saturated rings. The Kier molecular flexibility index (Phi) is 1.70. The quantitative estimate of drug-likeness (QED) is 0.668. The first-order valence-electron chi connectivity index (χ1n) is 3.85. The molecule has 1 heterocycles. The lowest BCUT2D eigenvalue weighted by Crippen LogP contribution is -1.86. The molecule has 0 saturated heterocycles. The number of aromatic nitrogens is 1. The van der Waals surface area contributed by atoms with Crippen LogP contribution in [0.5, 0.6) is 5.75 Å². The third-order valence-electron chi connectivity index (χ3n) is 1.90. The minimum absolute atomic E-state index is 0.0905. The molecule has 0 saturated carbocycles. The van der Waals surface area contributed by atoms with Gasteiger partial charge in [-0.25, -0.2) is 0 Å². The number of carbonyl (C=O) groups excluding carboxylic acids is 1. The Labute approximate surface area is 74.7 Å². The smallest absolute Gasteiger partial charge is 0.150 e. The summed E-state index contributed by atoms with van der Waals surface area (Å²) in [5.74, 6) is 0.0905. The van der Waals surface area contributed by atoms with Crippen LogP contribution >= 0.6 is 0 Å². The molecule has 0 aliphatic rings. The fourth-order valence-corrected chi connectivity index (χ4v) is 1.31. The highest BCUT2D eigenvalue weighted by Gasteiger charge is 2.04. The highest BCUT2D eigenvalue weighted by molar-refractivity contribution is 5.99. The second kappa shape index (κ2) is 2.86. The molecule has 0 radical (unpaired) electrons. The van der Waals surface area contributed by atoms with Crippen molar-refractivity contribution in [2.45, 2.75) is 0 Å². The fourth-order valence-electron chi connectivity index (χ4n) is 1.31. The summed E-state index contributed by atoms with van der Waals surface area (Å²) in [7, 11) is 0. The van der Waals surface area contributed by atoms with E-state index in [4.69, 9.17) is 0 Å². The Morgan fingerprint density at radius 1 is 1.31 bits per heavy atom. The van der Waals surface area contributed by atoms with E-state index in [0.29, 0.717) is 22.8 Å². The number of benzene rings is 1. The van der Waals surface area contributed by atoms with Crippen LogP contribution in [0.2, 0.25) is 0 Å². The van der Waals surface area contributed by atoms with E-state index in [0.717, 1.165) is 0 Å². The summed E-state index contributed by atoms with van der Waals surface area (Å²) < 4.78 is 0. The van der Waals surface area contributed by atoms with Crippen LogP contribution in [0, 0.1) is 0 Å². The molecule has 0 atom stereocenters. The van der Waals surface area contributed by atoms with Crippen LogP contribution in [0.15, 0.2) is 30.5 Å². The van der Waals surface area contributed by atoms with Gasteiger partial charge >= 0.3 is 0 Å². The van der Waals surface area contributed by atoms with Gasteiger partial charge < -0.3 is 5.11 Å². The molecule has 0 spiro atoms. The second-order valence-electron chi connectivity index (χ2n) is 2.69. The highest BCUT2D eigenvalue weighted by atomic mass is 16.3. The molecule has 1 aromatic heterocycles. The van der Waals surface area contributed by atoms with Crippen LogP contribution < -0.4 is 0 Å². The molecule has 0 bridgehead atoms. The summed E-state index contributed by atoms with van der Waals surface area (Å²) in [4.78, 5) is 14.7. The van der Waals surface area contributed by atoms with E-state index in [1.54, 1.807) is 24.4 Å². The first-order valence-corrected chi connectivity index (χ1v) is 3.85. The van der Waals surface area contributed by atoms with Gasteiger partial charge in [-0.3, -0.25) is 9.78 Å². The Morgan fingerprint density at radius 3 is 2.92 bits per heavy atom. The van der Waals surface area contributed by atoms with E-state index in [9.17, 15) is 9.90 Å². The topological polar surface area (TPSA) is 50.2 Å². The minimum atomic E-state index is 0.0905. The lowest BCUT2D eigenvalue weighted by molar-refractivity contribution is 0.112. The molecule has 1 aromatic carbocycles.